The summed E-state index contributed by atoms with van der Waals surface area (Å²) >= 11 is 0. The summed E-state index contributed by atoms with van der Waals surface area (Å²) in [7, 11) is 0.938. The van der Waals surface area contributed by atoms with Gasteiger partial charge in [-0.15, -0.1) is 0 Å². The van der Waals surface area contributed by atoms with Crippen LogP contribution in [0.5, 0.6) is 0 Å². The maximum atomic E-state index is 11.6. The molecule has 0 saturated heterocycles. The van der Waals surface area contributed by atoms with Crippen LogP contribution < -0.4 is 0 Å². The van der Waals surface area contributed by atoms with Crippen molar-refractivity contribution in [2.75, 3.05) is 5.75 Å². The summed E-state index contributed by atoms with van der Waals surface area (Å²) in [5.41, 5.74) is 0. The van der Waals surface area contributed by atoms with Gasteiger partial charge in [0.2, 0.25) is 9.05 Å². The molecule has 7 heteroatoms. The Morgan fingerprint density at radius 3 is 2.08 bits per heavy atom. The van der Waals surface area contributed by atoms with Crippen molar-refractivity contribution in [1.29, 1.82) is 0 Å². The van der Waals surface area contributed by atoms with Gasteiger partial charge in [-0.25, -0.2) is 8.42 Å². The number of hydrogen-bond donors (Lipinski definition) is 0. The minimum absolute atomic E-state index is 0.645. The van der Waals surface area contributed by atoms with Gasteiger partial charge in [-0.1, -0.05) is 6.92 Å². The third kappa shape index (κ3) is 8.13. The van der Waals surface area contributed by atoms with Crippen molar-refractivity contribution >= 4 is 19.7 Å². The molecule has 1 atom stereocenters. The molecular formula is C5H8ClF3O2S. The summed E-state index contributed by atoms with van der Waals surface area (Å²) in [6.45, 7) is 1.19. The fourth-order valence-corrected chi connectivity index (χ4v) is 2.24. The predicted molar refractivity (Wildman–Crippen MR) is 39.5 cm³/mol. The molecule has 0 radical (unpaired) electrons. The molecule has 0 aliphatic rings. The van der Waals surface area contributed by atoms with Crippen LogP contribution in [0.2, 0.25) is 0 Å². The molecule has 0 N–H and O–H groups in total. The molecule has 0 aromatic heterocycles. The summed E-state index contributed by atoms with van der Waals surface area (Å²) in [5.74, 6) is -1.64. The van der Waals surface area contributed by atoms with E-state index >= 15 is 0 Å². The van der Waals surface area contributed by atoms with Gasteiger partial charge in [0.15, 0.2) is 0 Å². The van der Waals surface area contributed by atoms with Crippen LogP contribution in [-0.2, 0) is 9.05 Å². The zero-order valence-electron chi connectivity index (χ0n) is 6.23. The van der Waals surface area contributed by atoms with E-state index < -0.39 is 33.3 Å². The molecule has 0 rings (SSSR count). The first-order valence-electron chi connectivity index (χ1n) is 3.09. The molecule has 0 aliphatic heterocycles. The predicted octanol–water partition coefficient (Wildman–Crippen LogP) is 2.14. The lowest BCUT2D eigenvalue weighted by Gasteiger charge is -2.11. The van der Waals surface area contributed by atoms with E-state index in [-0.39, 0.29) is 0 Å². The van der Waals surface area contributed by atoms with Crippen molar-refractivity contribution in [3.63, 3.8) is 0 Å². The van der Waals surface area contributed by atoms with Gasteiger partial charge in [-0.2, -0.15) is 13.2 Å². The normalized spacial score (nSPS) is 16.1. The lowest BCUT2D eigenvalue weighted by Crippen LogP contribution is -2.18. The van der Waals surface area contributed by atoms with Crippen LogP contribution in [0.25, 0.3) is 0 Å². The van der Waals surface area contributed by atoms with Crippen LogP contribution in [0, 0.1) is 5.92 Å². The number of hydrogen-bond acceptors (Lipinski definition) is 2. The molecule has 74 valence electrons. The highest BCUT2D eigenvalue weighted by Crippen LogP contribution is 2.25. The second kappa shape index (κ2) is 3.83. The monoisotopic (exact) mass is 224 g/mol. The fraction of sp³-hybridized carbons (Fsp3) is 1.00. The average molecular weight is 225 g/mol. The van der Waals surface area contributed by atoms with Gasteiger partial charge in [-0.05, 0) is 5.92 Å². The standard InChI is InChI=1S/C5H8ClF3O2S/c1-4(2-5(7,8)9)3-12(6,10)11/h4H,2-3H2,1H3/t4-/m1/s1. The second-order valence-corrected chi connectivity index (χ2v) is 5.45. The van der Waals surface area contributed by atoms with E-state index in [4.69, 9.17) is 10.7 Å². The second-order valence-electron chi connectivity index (χ2n) is 2.63. The van der Waals surface area contributed by atoms with Gasteiger partial charge in [0.1, 0.15) is 0 Å². The third-order valence-corrected chi connectivity index (χ3v) is 2.41. The zero-order valence-corrected chi connectivity index (χ0v) is 7.80. The Hall–Kier alpha value is 0.0300. The van der Waals surface area contributed by atoms with Crippen LogP contribution >= 0.6 is 10.7 Å². The number of rotatable bonds is 3. The van der Waals surface area contributed by atoms with E-state index in [2.05, 4.69) is 0 Å². The first-order chi connectivity index (χ1) is 5.10. The Bertz CT molecular complexity index is 234. The minimum Gasteiger partial charge on any atom is -0.212 e. The summed E-state index contributed by atoms with van der Waals surface area (Å²) in [6.07, 6.45) is -5.46. The van der Waals surface area contributed by atoms with Crippen LogP contribution in [0.4, 0.5) is 13.2 Å². The Kier molecular flexibility index (Phi) is 3.84. The molecule has 0 saturated carbocycles. The highest BCUT2D eigenvalue weighted by molar-refractivity contribution is 8.13. The maximum absolute atomic E-state index is 11.6. The van der Waals surface area contributed by atoms with E-state index in [1.165, 1.54) is 6.92 Å². The Morgan fingerprint density at radius 1 is 1.42 bits per heavy atom. The first-order valence-corrected chi connectivity index (χ1v) is 5.57. The minimum atomic E-state index is -4.33. The van der Waals surface area contributed by atoms with Gasteiger partial charge in [0.25, 0.3) is 0 Å². The molecule has 12 heavy (non-hydrogen) atoms. The van der Waals surface area contributed by atoms with Gasteiger partial charge in [0, 0.05) is 17.1 Å². The van der Waals surface area contributed by atoms with Gasteiger partial charge in [-0.3, -0.25) is 0 Å². The lowest BCUT2D eigenvalue weighted by atomic mass is 10.1. The zero-order chi connectivity index (χ0) is 9.99. The Labute approximate surface area is 73.1 Å². The first kappa shape index (κ1) is 12.0. The van der Waals surface area contributed by atoms with Crippen molar-refractivity contribution < 1.29 is 21.6 Å². The van der Waals surface area contributed by atoms with E-state index in [1.807, 2.05) is 0 Å². The molecule has 0 aliphatic carbocycles. The van der Waals surface area contributed by atoms with Gasteiger partial charge < -0.3 is 0 Å². The molecule has 0 spiro atoms. The van der Waals surface area contributed by atoms with Crippen molar-refractivity contribution in [2.24, 2.45) is 5.92 Å². The van der Waals surface area contributed by atoms with E-state index in [9.17, 15) is 21.6 Å². The molecule has 0 aromatic rings. The van der Waals surface area contributed by atoms with Gasteiger partial charge >= 0.3 is 6.18 Å². The summed E-state index contributed by atoms with van der Waals surface area (Å²) < 4.78 is 55.6. The van der Waals surface area contributed by atoms with Crippen LogP contribution in [0.1, 0.15) is 13.3 Å². The highest BCUT2D eigenvalue weighted by atomic mass is 35.7. The molecule has 0 bridgehead atoms. The van der Waals surface area contributed by atoms with Crippen molar-refractivity contribution in [1.82, 2.24) is 0 Å². The molecular weight excluding hydrogens is 217 g/mol. The van der Waals surface area contributed by atoms with E-state index in [1.54, 1.807) is 0 Å². The SMILES string of the molecule is C[C@H](CC(F)(F)F)CS(=O)(=O)Cl. The van der Waals surface area contributed by atoms with Crippen LogP contribution in [-0.4, -0.2) is 20.3 Å². The summed E-state index contributed by atoms with van der Waals surface area (Å²) in [5, 5.41) is 0. The molecule has 0 aromatic carbocycles. The molecule has 0 heterocycles. The highest BCUT2D eigenvalue weighted by Gasteiger charge is 2.31. The maximum Gasteiger partial charge on any atom is 0.389 e. The number of halogens is 4. The van der Waals surface area contributed by atoms with Crippen molar-refractivity contribution in [2.45, 2.75) is 19.5 Å². The van der Waals surface area contributed by atoms with Crippen LogP contribution in [0.3, 0.4) is 0 Å². The average Bonchev–Trinajstić information content (AvgIpc) is 1.49. The van der Waals surface area contributed by atoms with Crippen molar-refractivity contribution in [3.8, 4) is 0 Å². The molecule has 0 amide bonds. The van der Waals surface area contributed by atoms with Crippen LogP contribution in [0.15, 0.2) is 0 Å². The molecule has 0 fully saturated rings. The lowest BCUT2D eigenvalue weighted by molar-refractivity contribution is -0.141. The molecule has 0 unspecified atom stereocenters. The Balaban J connectivity index is 4.00. The fourth-order valence-electron chi connectivity index (χ4n) is 0.794. The molecule has 2 nitrogen and oxygen atoms in total. The smallest absolute Gasteiger partial charge is 0.212 e. The third-order valence-electron chi connectivity index (χ3n) is 1.06. The quantitative estimate of drug-likeness (QED) is 0.689. The summed E-state index contributed by atoms with van der Waals surface area (Å²) in [4.78, 5) is 0. The Morgan fingerprint density at radius 2 is 1.83 bits per heavy atom. The summed E-state index contributed by atoms with van der Waals surface area (Å²) in [6, 6.07) is 0. The number of alkyl halides is 3. The largest absolute Gasteiger partial charge is 0.389 e. The topological polar surface area (TPSA) is 34.1 Å². The van der Waals surface area contributed by atoms with E-state index in [0.29, 0.717) is 0 Å². The van der Waals surface area contributed by atoms with Gasteiger partial charge in [0.05, 0.1) is 5.75 Å². The van der Waals surface area contributed by atoms with Crippen molar-refractivity contribution in [3.05, 3.63) is 0 Å². The van der Waals surface area contributed by atoms with E-state index in [0.717, 1.165) is 0 Å².